The Bertz CT molecular complexity index is 711. The van der Waals surface area contributed by atoms with Gasteiger partial charge in [0.1, 0.15) is 11.6 Å². The predicted molar refractivity (Wildman–Crippen MR) is 94.3 cm³/mol. The third kappa shape index (κ3) is 5.71. The molecule has 0 aliphatic heterocycles. The first-order valence-corrected chi connectivity index (χ1v) is 8.24. The van der Waals surface area contributed by atoms with Crippen molar-refractivity contribution in [1.29, 1.82) is 0 Å². The van der Waals surface area contributed by atoms with Crippen LogP contribution < -0.4 is 4.74 Å². The van der Waals surface area contributed by atoms with Gasteiger partial charge in [-0.15, -0.1) is 0 Å². The average molecular weight is 343 g/mol. The highest BCUT2D eigenvalue weighted by molar-refractivity contribution is 5.95. The summed E-state index contributed by atoms with van der Waals surface area (Å²) < 4.78 is 18.3. The van der Waals surface area contributed by atoms with Gasteiger partial charge in [-0.05, 0) is 48.4 Å². The summed E-state index contributed by atoms with van der Waals surface area (Å²) in [6.45, 7) is 2.27. The number of halogens is 1. The van der Waals surface area contributed by atoms with E-state index < -0.39 is 0 Å². The first-order chi connectivity index (χ1) is 12.0. The van der Waals surface area contributed by atoms with Crippen molar-refractivity contribution < 1.29 is 18.7 Å². The summed E-state index contributed by atoms with van der Waals surface area (Å²) in [5.74, 6) is 0.208. The van der Waals surface area contributed by atoms with Crippen LogP contribution in [0.15, 0.2) is 48.5 Å². The minimum atomic E-state index is -0.270. The van der Waals surface area contributed by atoms with E-state index in [1.165, 1.54) is 12.1 Å². The van der Waals surface area contributed by atoms with Crippen LogP contribution in [-0.4, -0.2) is 36.8 Å². The molecule has 0 unspecified atom stereocenters. The van der Waals surface area contributed by atoms with Gasteiger partial charge in [-0.3, -0.25) is 9.59 Å². The molecule has 2 aromatic rings. The summed E-state index contributed by atoms with van der Waals surface area (Å²) in [5.41, 5.74) is 1.61. The molecule has 0 N–H and O–H groups in total. The molecular formula is C20H22FNO3. The van der Waals surface area contributed by atoms with Crippen LogP contribution >= 0.6 is 0 Å². The third-order valence-electron chi connectivity index (χ3n) is 3.93. The van der Waals surface area contributed by atoms with Crippen molar-refractivity contribution >= 4 is 11.7 Å². The monoisotopic (exact) mass is 343 g/mol. The fraction of sp³-hybridized carbons (Fsp3) is 0.300. The van der Waals surface area contributed by atoms with Crippen LogP contribution in [0.4, 0.5) is 4.39 Å². The van der Waals surface area contributed by atoms with Crippen LogP contribution in [0.1, 0.15) is 29.3 Å². The molecule has 5 heteroatoms. The Balaban J connectivity index is 1.78. The van der Waals surface area contributed by atoms with Gasteiger partial charge in [-0.25, -0.2) is 4.39 Å². The second kappa shape index (κ2) is 8.97. The number of ketones is 1. The Morgan fingerprint density at radius 3 is 2.28 bits per heavy atom. The van der Waals surface area contributed by atoms with E-state index in [0.29, 0.717) is 30.7 Å². The number of hydrogen-bond donors (Lipinski definition) is 0. The van der Waals surface area contributed by atoms with Gasteiger partial charge in [0, 0.05) is 25.6 Å². The van der Waals surface area contributed by atoms with E-state index in [1.807, 2.05) is 6.92 Å². The zero-order valence-electron chi connectivity index (χ0n) is 14.5. The first kappa shape index (κ1) is 18.6. The van der Waals surface area contributed by atoms with Crippen LogP contribution in [0.3, 0.4) is 0 Å². The van der Waals surface area contributed by atoms with Gasteiger partial charge in [0.25, 0.3) is 5.91 Å². The molecule has 0 fully saturated rings. The Morgan fingerprint density at radius 2 is 1.68 bits per heavy atom. The number of Topliss-reactive ketones (excluding diaryl/α,β-unsaturated/α-hetero) is 1. The van der Waals surface area contributed by atoms with E-state index in [4.69, 9.17) is 4.74 Å². The zero-order chi connectivity index (χ0) is 18.2. The van der Waals surface area contributed by atoms with Gasteiger partial charge in [-0.1, -0.05) is 19.1 Å². The number of hydrogen-bond acceptors (Lipinski definition) is 3. The predicted octanol–water partition coefficient (Wildman–Crippen LogP) is 3.50. The Labute approximate surface area is 147 Å². The molecule has 0 radical (unpaired) electrons. The van der Waals surface area contributed by atoms with Gasteiger partial charge in [0.05, 0.1) is 0 Å². The van der Waals surface area contributed by atoms with E-state index in [9.17, 15) is 14.0 Å². The summed E-state index contributed by atoms with van der Waals surface area (Å²) in [6.07, 6.45) is 1.11. The van der Waals surface area contributed by atoms with Crippen LogP contribution in [0.5, 0.6) is 5.75 Å². The van der Waals surface area contributed by atoms with Crippen molar-refractivity contribution in [1.82, 2.24) is 4.90 Å². The number of ether oxygens (including phenoxy) is 1. The fourth-order valence-corrected chi connectivity index (χ4v) is 2.27. The summed E-state index contributed by atoms with van der Waals surface area (Å²) >= 11 is 0. The molecule has 2 aromatic carbocycles. The highest BCUT2D eigenvalue weighted by Crippen LogP contribution is 2.13. The van der Waals surface area contributed by atoms with E-state index in [1.54, 1.807) is 48.3 Å². The summed E-state index contributed by atoms with van der Waals surface area (Å²) in [4.78, 5) is 25.2. The highest BCUT2D eigenvalue weighted by Gasteiger charge is 2.10. The largest absolute Gasteiger partial charge is 0.484 e. The van der Waals surface area contributed by atoms with E-state index in [-0.39, 0.29) is 24.1 Å². The quantitative estimate of drug-likeness (QED) is 0.689. The number of amides is 1. The number of benzene rings is 2. The van der Waals surface area contributed by atoms with Crippen LogP contribution in [0.25, 0.3) is 0 Å². The second-order valence-electron chi connectivity index (χ2n) is 5.78. The van der Waals surface area contributed by atoms with Crippen LogP contribution in [-0.2, 0) is 11.2 Å². The lowest BCUT2D eigenvalue weighted by molar-refractivity contribution is -0.132. The Kier molecular flexibility index (Phi) is 6.69. The lowest BCUT2D eigenvalue weighted by atomic mass is 10.1. The van der Waals surface area contributed by atoms with Crippen LogP contribution in [0.2, 0.25) is 0 Å². The Morgan fingerprint density at radius 1 is 1.04 bits per heavy atom. The number of carbonyl (C=O) groups is 2. The van der Waals surface area contributed by atoms with E-state index in [2.05, 4.69) is 0 Å². The molecule has 0 saturated heterocycles. The normalized spacial score (nSPS) is 10.4. The van der Waals surface area contributed by atoms with Gasteiger partial charge >= 0.3 is 0 Å². The minimum absolute atomic E-state index is 0.0685. The molecule has 0 atom stereocenters. The molecule has 132 valence electrons. The van der Waals surface area contributed by atoms with Crippen molar-refractivity contribution in [2.24, 2.45) is 0 Å². The SMILES string of the molecule is CCC(=O)c1ccc(OCC(=O)N(C)CCc2ccc(F)cc2)cc1. The zero-order valence-corrected chi connectivity index (χ0v) is 14.5. The van der Waals surface area contributed by atoms with Crippen molar-refractivity contribution in [3.63, 3.8) is 0 Å². The molecule has 1 amide bonds. The molecule has 0 bridgehead atoms. The molecular weight excluding hydrogens is 321 g/mol. The molecule has 0 aliphatic rings. The van der Waals surface area contributed by atoms with Crippen LogP contribution in [0, 0.1) is 5.82 Å². The molecule has 0 heterocycles. The first-order valence-electron chi connectivity index (χ1n) is 8.24. The van der Waals surface area contributed by atoms with E-state index in [0.717, 1.165) is 5.56 Å². The van der Waals surface area contributed by atoms with Crippen molar-refractivity contribution in [2.75, 3.05) is 20.2 Å². The number of carbonyl (C=O) groups excluding carboxylic acids is 2. The molecule has 2 rings (SSSR count). The van der Waals surface area contributed by atoms with Gasteiger partial charge in [0.15, 0.2) is 12.4 Å². The van der Waals surface area contributed by atoms with Crippen molar-refractivity contribution in [3.05, 3.63) is 65.5 Å². The average Bonchev–Trinajstić information content (AvgIpc) is 2.65. The van der Waals surface area contributed by atoms with Crippen molar-refractivity contribution in [3.8, 4) is 5.75 Å². The number of nitrogens with zero attached hydrogens (tertiary/aromatic N) is 1. The molecule has 0 aliphatic carbocycles. The van der Waals surface area contributed by atoms with Crippen molar-refractivity contribution in [2.45, 2.75) is 19.8 Å². The van der Waals surface area contributed by atoms with Gasteiger partial charge < -0.3 is 9.64 Å². The minimum Gasteiger partial charge on any atom is -0.484 e. The smallest absolute Gasteiger partial charge is 0.260 e. The van der Waals surface area contributed by atoms with Gasteiger partial charge in [-0.2, -0.15) is 0 Å². The molecule has 4 nitrogen and oxygen atoms in total. The molecule has 0 aromatic heterocycles. The van der Waals surface area contributed by atoms with E-state index >= 15 is 0 Å². The summed E-state index contributed by atoms with van der Waals surface area (Å²) in [7, 11) is 1.71. The lowest BCUT2D eigenvalue weighted by Gasteiger charge is -2.17. The second-order valence-corrected chi connectivity index (χ2v) is 5.78. The highest BCUT2D eigenvalue weighted by atomic mass is 19.1. The molecule has 0 saturated carbocycles. The molecule has 0 spiro atoms. The van der Waals surface area contributed by atoms with Gasteiger partial charge in [0.2, 0.25) is 0 Å². The Hall–Kier alpha value is -2.69. The summed E-state index contributed by atoms with van der Waals surface area (Å²) in [5, 5.41) is 0. The number of rotatable bonds is 8. The summed E-state index contributed by atoms with van der Waals surface area (Å²) in [6, 6.07) is 13.0. The maximum atomic E-state index is 12.9. The third-order valence-corrected chi connectivity index (χ3v) is 3.93. The number of likely N-dealkylation sites (N-methyl/N-ethyl adjacent to an activating group) is 1. The standard InChI is InChI=1S/C20H22FNO3/c1-3-19(23)16-6-10-18(11-7-16)25-14-20(24)22(2)13-12-15-4-8-17(21)9-5-15/h4-11H,3,12-14H2,1-2H3. The molecule has 25 heavy (non-hydrogen) atoms. The maximum Gasteiger partial charge on any atom is 0.260 e. The lowest BCUT2D eigenvalue weighted by Crippen LogP contribution is -2.33. The maximum absolute atomic E-state index is 12.9. The fourth-order valence-electron chi connectivity index (χ4n) is 2.27. The topological polar surface area (TPSA) is 46.6 Å².